The average molecular weight is 372 g/mol. The van der Waals surface area contributed by atoms with Crippen molar-refractivity contribution in [3.63, 3.8) is 0 Å². The molecule has 0 aliphatic carbocycles. The molecule has 2 rings (SSSR count). The molecule has 1 unspecified atom stereocenters. The van der Waals surface area contributed by atoms with E-state index in [1.54, 1.807) is 24.3 Å². The van der Waals surface area contributed by atoms with Crippen LogP contribution in [0.15, 0.2) is 24.3 Å². The number of hydrogen-bond donors (Lipinski definition) is 3. The van der Waals surface area contributed by atoms with Gasteiger partial charge in [-0.05, 0) is 30.7 Å². The first-order valence-corrected chi connectivity index (χ1v) is 11.0. The largest absolute Gasteiger partial charge is 0.326 e. The molecule has 0 aromatic heterocycles. The lowest BCUT2D eigenvalue weighted by Crippen LogP contribution is -2.39. The molecule has 24 heavy (non-hydrogen) atoms. The van der Waals surface area contributed by atoms with Crippen LogP contribution in [-0.2, 0) is 14.8 Å². The van der Waals surface area contributed by atoms with Crippen LogP contribution >= 0.6 is 11.8 Å². The molecular weight excluding hydrogens is 346 g/mol. The molecule has 6 nitrogen and oxygen atoms in total. The highest BCUT2D eigenvalue weighted by atomic mass is 32.2. The van der Waals surface area contributed by atoms with Crippen LogP contribution in [0.5, 0.6) is 0 Å². The molecule has 1 atom stereocenters. The molecule has 0 radical (unpaired) electrons. The number of carbonyl (C=O) groups excluding carboxylic acids is 1. The van der Waals surface area contributed by atoms with Crippen molar-refractivity contribution in [1.29, 1.82) is 0 Å². The van der Waals surface area contributed by atoms with Crippen molar-refractivity contribution in [3.05, 3.63) is 24.3 Å². The summed E-state index contributed by atoms with van der Waals surface area (Å²) in [7, 11) is -3.30. The van der Waals surface area contributed by atoms with E-state index >= 15 is 0 Å². The molecule has 134 valence electrons. The number of benzene rings is 1. The summed E-state index contributed by atoms with van der Waals surface area (Å²) in [6.07, 6.45) is 1.91. The van der Waals surface area contributed by atoms with Gasteiger partial charge in [-0.3, -0.25) is 9.52 Å². The summed E-state index contributed by atoms with van der Waals surface area (Å²) in [6.45, 7) is 2.89. The van der Waals surface area contributed by atoms with Gasteiger partial charge in [-0.25, -0.2) is 8.42 Å². The first-order valence-electron chi connectivity index (χ1n) is 8.20. The summed E-state index contributed by atoms with van der Waals surface area (Å²) in [5.41, 5.74) is 1.18. The Balaban J connectivity index is 1.83. The number of nitrogens with one attached hydrogen (secondary N) is 3. The molecule has 8 heteroatoms. The number of anilines is 2. The molecule has 1 fully saturated rings. The molecule has 0 spiro atoms. The number of amides is 1. The van der Waals surface area contributed by atoms with Gasteiger partial charge in [0.25, 0.3) is 0 Å². The molecule has 0 saturated carbocycles. The Hall–Kier alpha value is -1.25. The minimum absolute atomic E-state index is 0.0359. The van der Waals surface area contributed by atoms with E-state index < -0.39 is 10.0 Å². The Morgan fingerprint density at radius 2 is 2.00 bits per heavy atom. The van der Waals surface area contributed by atoms with Gasteiger partial charge in [0, 0.05) is 41.9 Å². The second-order valence-corrected chi connectivity index (χ2v) is 8.82. The zero-order valence-corrected chi connectivity index (χ0v) is 15.5. The van der Waals surface area contributed by atoms with Gasteiger partial charge in [-0.1, -0.05) is 13.3 Å². The molecule has 3 N–H and O–H groups in total. The second kappa shape index (κ2) is 9.29. The molecule has 0 bridgehead atoms. The van der Waals surface area contributed by atoms with Crippen LogP contribution in [0.1, 0.15) is 26.2 Å². The van der Waals surface area contributed by atoms with E-state index in [1.165, 1.54) is 0 Å². The summed E-state index contributed by atoms with van der Waals surface area (Å²) in [6, 6.07) is 6.95. The molecule has 1 aromatic carbocycles. The third-order valence-electron chi connectivity index (χ3n) is 3.64. The van der Waals surface area contributed by atoms with E-state index in [-0.39, 0.29) is 17.7 Å². The van der Waals surface area contributed by atoms with Crippen LogP contribution in [0.4, 0.5) is 11.4 Å². The Morgan fingerprint density at radius 1 is 1.29 bits per heavy atom. The van der Waals surface area contributed by atoms with Crippen molar-refractivity contribution >= 4 is 39.1 Å². The van der Waals surface area contributed by atoms with Gasteiger partial charge in [0.1, 0.15) is 0 Å². The molecule has 1 saturated heterocycles. The number of carbonyl (C=O) groups is 1. The van der Waals surface area contributed by atoms with Crippen LogP contribution in [0.25, 0.3) is 0 Å². The third kappa shape index (κ3) is 6.70. The van der Waals surface area contributed by atoms with Crippen LogP contribution in [0.2, 0.25) is 0 Å². The van der Waals surface area contributed by atoms with Gasteiger partial charge in [0.15, 0.2) is 0 Å². The lowest BCUT2D eigenvalue weighted by Gasteiger charge is -2.22. The first-order chi connectivity index (χ1) is 11.5. The van der Waals surface area contributed by atoms with Crippen molar-refractivity contribution in [2.24, 2.45) is 0 Å². The van der Waals surface area contributed by atoms with Crippen LogP contribution < -0.4 is 15.4 Å². The van der Waals surface area contributed by atoms with Crippen LogP contribution in [0, 0.1) is 0 Å². The Morgan fingerprint density at radius 3 is 2.62 bits per heavy atom. The lowest BCUT2D eigenvalue weighted by molar-refractivity contribution is -0.116. The predicted molar refractivity (Wildman–Crippen MR) is 101 cm³/mol. The highest BCUT2D eigenvalue weighted by Crippen LogP contribution is 2.16. The van der Waals surface area contributed by atoms with Gasteiger partial charge in [-0.2, -0.15) is 11.8 Å². The summed E-state index contributed by atoms with van der Waals surface area (Å²) in [5.74, 6) is 2.12. The van der Waals surface area contributed by atoms with E-state index in [9.17, 15) is 13.2 Å². The van der Waals surface area contributed by atoms with Crippen molar-refractivity contribution in [2.75, 3.05) is 33.8 Å². The lowest BCUT2D eigenvalue weighted by atomic mass is 10.2. The Labute approximate surface area is 148 Å². The van der Waals surface area contributed by atoms with Gasteiger partial charge < -0.3 is 10.6 Å². The number of hydrogen-bond acceptors (Lipinski definition) is 5. The number of rotatable bonds is 8. The third-order valence-corrected chi connectivity index (χ3v) is 6.14. The molecule has 1 aliphatic rings. The van der Waals surface area contributed by atoms with Gasteiger partial charge in [0.2, 0.25) is 15.9 Å². The minimum atomic E-state index is -3.30. The van der Waals surface area contributed by atoms with Gasteiger partial charge in [0.05, 0.1) is 5.75 Å². The van der Waals surface area contributed by atoms with Crippen molar-refractivity contribution in [1.82, 2.24) is 5.32 Å². The maximum absolute atomic E-state index is 12.0. The predicted octanol–water partition coefficient (Wildman–Crippen LogP) is 2.26. The maximum Gasteiger partial charge on any atom is 0.232 e. The topological polar surface area (TPSA) is 87.3 Å². The quantitative estimate of drug-likeness (QED) is 0.652. The standard InChI is InChI=1S/C16H25N3O3S2/c1-2-3-10-24(21,22)19-14-6-4-13(5-7-14)18-16(20)11-15-12-23-9-8-17-15/h4-7,15,17,19H,2-3,8-12H2,1H3,(H,18,20). The van der Waals surface area contributed by atoms with E-state index in [4.69, 9.17) is 0 Å². The highest BCUT2D eigenvalue weighted by Gasteiger charge is 2.16. The average Bonchev–Trinajstić information content (AvgIpc) is 2.55. The van der Waals surface area contributed by atoms with Crippen molar-refractivity contribution in [2.45, 2.75) is 32.2 Å². The summed E-state index contributed by atoms with van der Waals surface area (Å²) in [5, 5.41) is 6.18. The monoisotopic (exact) mass is 371 g/mol. The molecule has 1 aromatic rings. The van der Waals surface area contributed by atoms with E-state index in [2.05, 4.69) is 15.4 Å². The zero-order valence-electron chi connectivity index (χ0n) is 13.9. The zero-order chi connectivity index (χ0) is 17.4. The fourth-order valence-corrected chi connectivity index (χ4v) is 4.59. The molecule has 1 heterocycles. The van der Waals surface area contributed by atoms with Crippen LogP contribution in [0.3, 0.4) is 0 Å². The van der Waals surface area contributed by atoms with E-state index in [1.807, 2.05) is 18.7 Å². The Kier molecular flexibility index (Phi) is 7.39. The van der Waals surface area contributed by atoms with Gasteiger partial charge >= 0.3 is 0 Å². The number of unbranched alkanes of at least 4 members (excludes halogenated alkanes) is 1. The number of sulfonamides is 1. The Bertz CT molecular complexity index is 626. The molecular formula is C16H25N3O3S2. The van der Waals surface area contributed by atoms with Crippen molar-refractivity contribution in [3.8, 4) is 0 Å². The second-order valence-electron chi connectivity index (χ2n) is 5.83. The summed E-state index contributed by atoms with van der Waals surface area (Å²) < 4.78 is 26.3. The summed E-state index contributed by atoms with van der Waals surface area (Å²) in [4.78, 5) is 12.0. The molecule has 1 amide bonds. The summed E-state index contributed by atoms with van der Waals surface area (Å²) >= 11 is 1.86. The SMILES string of the molecule is CCCCS(=O)(=O)Nc1ccc(NC(=O)CC2CSCCN2)cc1. The minimum Gasteiger partial charge on any atom is -0.326 e. The number of thioether (sulfide) groups is 1. The smallest absolute Gasteiger partial charge is 0.232 e. The molecule has 1 aliphatic heterocycles. The van der Waals surface area contributed by atoms with E-state index in [0.29, 0.717) is 24.2 Å². The van der Waals surface area contributed by atoms with Crippen LogP contribution in [-0.4, -0.2) is 44.2 Å². The van der Waals surface area contributed by atoms with E-state index in [0.717, 1.165) is 24.5 Å². The fourth-order valence-electron chi connectivity index (χ4n) is 2.37. The van der Waals surface area contributed by atoms with Crippen molar-refractivity contribution < 1.29 is 13.2 Å². The first kappa shape index (κ1) is 19.1. The maximum atomic E-state index is 12.0. The highest BCUT2D eigenvalue weighted by molar-refractivity contribution is 7.99. The van der Waals surface area contributed by atoms with Gasteiger partial charge in [-0.15, -0.1) is 0 Å². The fraction of sp³-hybridized carbons (Fsp3) is 0.562. The normalized spacial score (nSPS) is 18.1.